The van der Waals surface area contributed by atoms with Crippen LogP contribution >= 0.6 is 11.3 Å². The molecule has 6 heteroatoms. The summed E-state index contributed by atoms with van der Waals surface area (Å²) in [6.45, 7) is 5.25. The third kappa shape index (κ3) is 3.04. The second-order valence-electron chi connectivity index (χ2n) is 4.86. The number of benzene rings is 1. The van der Waals surface area contributed by atoms with Crippen molar-refractivity contribution < 1.29 is 9.21 Å². The molecular weight excluding hydrogens is 322 g/mol. The minimum absolute atomic E-state index is 0.102. The topological polar surface area (TPSA) is 71.8 Å². The van der Waals surface area contributed by atoms with Gasteiger partial charge in [0.05, 0.1) is 11.8 Å². The van der Waals surface area contributed by atoms with Crippen molar-refractivity contribution in [2.45, 2.75) is 6.92 Å². The summed E-state index contributed by atoms with van der Waals surface area (Å²) >= 11 is 1.29. The number of carbonyl (C=O) groups excluding carboxylic acids is 1. The molecule has 1 N–H and O–H groups in total. The van der Waals surface area contributed by atoms with Crippen molar-refractivity contribution >= 4 is 28.0 Å². The number of thiazole rings is 1. The van der Waals surface area contributed by atoms with Crippen LogP contribution in [0.15, 0.2) is 65.4 Å². The van der Waals surface area contributed by atoms with Crippen LogP contribution in [-0.4, -0.2) is 20.7 Å². The third-order valence-electron chi connectivity index (χ3n) is 3.18. The molecule has 0 fully saturated rings. The van der Waals surface area contributed by atoms with E-state index in [4.69, 9.17) is 4.42 Å². The zero-order valence-corrected chi connectivity index (χ0v) is 13.8. The summed E-state index contributed by atoms with van der Waals surface area (Å²) in [4.78, 5) is 24.0. The molecule has 1 aromatic carbocycles. The lowest BCUT2D eigenvalue weighted by Gasteiger charge is -1.94. The Balaban J connectivity index is 0.000000526. The van der Waals surface area contributed by atoms with Gasteiger partial charge in [0.1, 0.15) is 12.0 Å². The van der Waals surface area contributed by atoms with E-state index < -0.39 is 0 Å². The van der Waals surface area contributed by atoms with Crippen LogP contribution in [0.5, 0.6) is 0 Å². The molecule has 0 unspecified atom stereocenters. The number of ketones is 1. The van der Waals surface area contributed by atoms with E-state index in [0.717, 1.165) is 10.9 Å². The fourth-order valence-electron chi connectivity index (χ4n) is 2.20. The van der Waals surface area contributed by atoms with Crippen molar-refractivity contribution in [3.8, 4) is 11.6 Å². The van der Waals surface area contributed by atoms with Gasteiger partial charge in [0, 0.05) is 22.5 Å². The van der Waals surface area contributed by atoms with Gasteiger partial charge in [-0.25, -0.2) is 9.97 Å². The molecule has 0 aliphatic heterocycles. The summed E-state index contributed by atoms with van der Waals surface area (Å²) in [7, 11) is 0. The van der Waals surface area contributed by atoms with Gasteiger partial charge in [-0.3, -0.25) is 4.79 Å². The molecular formula is C18H15N3O2S. The summed E-state index contributed by atoms with van der Waals surface area (Å²) < 4.78 is 5.19. The van der Waals surface area contributed by atoms with Crippen LogP contribution in [-0.2, 0) is 0 Å². The van der Waals surface area contributed by atoms with Gasteiger partial charge in [-0.05, 0) is 13.0 Å². The molecule has 0 saturated heterocycles. The van der Waals surface area contributed by atoms with Crippen LogP contribution < -0.4 is 0 Å². The van der Waals surface area contributed by atoms with Gasteiger partial charge in [-0.2, -0.15) is 0 Å². The van der Waals surface area contributed by atoms with Gasteiger partial charge < -0.3 is 9.40 Å². The van der Waals surface area contributed by atoms with Crippen LogP contribution in [0.3, 0.4) is 0 Å². The van der Waals surface area contributed by atoms with Gasteiger partial charge in [-0.15, -0.1) is 17.9 Å². The lowest BCUT2D eigenvalue weighted by molar-refractivity contribution is 0.104. The second-order valence-corrected chi connectivity index (χ2v) is 5.72. The molecule has 3 aromatic heterocycles. The smallest absolute Gasteiger partial charge is 0.245 e. The zero-order chi connectivity index (χ0) is 16.9. The SMILES string of the molecule is C=CC.O=C(c1nc(-c2ncco2)cs1)c1c[nH]c2ccccc12. The summed E-state index contributed by atoms with van der Waals surface area (Å²) in [5, 5.41) is 3.09. The van der Waals surface area contributed by atoms with Crippen molar-refractivity contribution in [3.63, 3.8) is 0 Å². The highest BCUT2D eigenvalue weighted by Crippen LogP contribution is 2.25. The number of carbonyl (C=O) groups is 1. The molecule has 0 radical (unpaired) electrons. The average molecular weight is 337 g/mol. The van der Waals surface area contributed by atoms with Crippen molar-refractivity contribution in [2.75, 3.05) is 0 Å². The Bertz CT molecular complexity index is 967. The molecule has 4 rings (SSSR count). The van der Waals surface area contributed by atoms with Gasteiger partial charge >= 0.3 is 0 Å². The van der Waals surface area contributed by atoms with Gasteiger partial charge in [0.15, 0.2) is 5.01 Å². The lowest BCUT2D eigenvalue weighted by atomic mass is 10.1. The monoisotopic (exact) mass is 337 g/mol. The van der Waals surface area contributed by atoms with Crippen molar-refractivity contribution in [3.05, 3.63) is 71.5 Å². The fourth-order valence-corrected chi connectivity index (χ4v) is 2.95. The number of hydrogen-bond acceptors (Lipinski definition) is 5. The first kappa shape index (κ1) is 15.9. The molecule has 5 nitrogen and oxygen atoms in total. The number of oxazole rings is 1. The largest absolute Gasteiger partial charge is 0.443 e. The Morgan fingerprint density at radius 2 is 2.17 bits per heavy atom. The van der Waals surface area contributed by atoms with Gasteiger partial charge in [0.2, 0.25) is 11.7 Å². The summed E-state index contributed by atoms with van der Waals surface area (Å²) in [5.41, 5.74) is 2.14. The van der Waals surface area contributed by atoms with Crippen LogP contribution in [0, 0.1) is 0 Å². The molecule has 0 atom stereocenters. The van der Waals surface area contributed by atoms with Crippen LogP contribution in [0.2, 0.25) is 0 Å². The lowest BCUT2D eigenvalue weighted by Crippen LogP contribution is -1.99. The predicted molar refractivity (Wildman–Crippen MR) is 95.2 cm³/mol. The maximum atomic E-state index is 12.6. The van der Waals surface area contributed by atoms with Crippen molar-refractivity contribution in [2.24, 2.45) is 0 Å². The molecule has 0 aliphatic rings. The molecule has 3 heterocycles. The van der Waals surface area contributed by atoms with E-state index >= 15 is 0 Å². The highest BCUT2D eigenvalue weighted by Gasteiger charge is 2.18. The minimum atomic E-state index is -0.102. The maximum Gasteiger partial charge on any atom is 0.245 e. The Labute approximate surface area is 142 Å². The number of para-hydroxylation sites is 1. The van der Waals surface area contributed by atoms with E-state index in [-0.39, 0.29) is 5.78 Å². The zero-order valence-electron chi connectivity index (χ0n) is 13.0. The molecule has 0 bridgehead atoms. The highest BCUT2D eigenvalue weighted by molar-refractivity contribution is 7.12. The first-order valence-corrected chi connectivity index (χ1v) is 8.15. The third-order valence-corrected chi connectivity index (χ3v) is 4.02. The molecule has 0 saturated carbocycles. The molecule has 0 amide bonds. The van der Waals surface area contributed by atoms with Crippen LogP contribution in [0.25, 0.3) is 22.5 Å². The number of fused-ring (bicyclic) bond motifs is 1. The molecule has 120 valence electrons. The van der Waals surface area contributed by atoms with E-state index in [1.807, 2.05) is 31.2 Å². The fraction of sp³-hybridized carbons (Fsp3) is 0.0556. The standard InChI is InChI=1S/C15H9N3O2S.C3H6/c19-13(10-7-17-11-4-2-1-3-9(10)11)15-18-12(8-21-15)14-16-5-6-20-14;1-3-2/h1-8,17H;3H,1H2,2H3. The number of aromatic amines is 1. The van der Waals surface area contributed by atoms with E-state index in [2.05, 4.69) is 21.5 Å². The predicted octanol–water partition coefficient (Wildman–Crippen LogP) is 4.70. The average Bonchev–Trinajstić information content (AvgIpc) is 3.33. The highest BCUT2D eigenvalue weighted by atomic mass is 32.1. The molecule has 0 aliphatic carbocycles. The van der Waals surface area contributed by atoms with E-state index in [1.54, 1.807) is 23.8 Å². The minimum Gasteiger partial charge on any atom is -0.443 e. The summed E-state index contributed by atoms with van der Waals surface area (Å²) in [6.07, 6.45) is 6.50. The number of nitrogens with zero attached hydrogens (tertiary/aromatic N) is 2. The van der Waals surface area contributed by atoms with Crippen molar-refractivity contribution in [1.29, 1.82) is 0 Å². The number of H-pyrrole nitrogens is 1. The molecule has 0 spiro atoms. The second kappa shape index (κ2) is 7.06. The normalized spacial score (nSPS) is 10.2. The molecule has 24 heavy (non-hydrogen) atoms. The molecule has 4 aromatic rings. The first-order valence-electron chi connectivity index (χ1n) is 7.28. The Kier molecular flexibility index (Phi) is 4.67. The number of aromatic nitrogens is 3. The Hall–Kier alpha value is -2.99. The number of hydrogen-bond donors (Lipinski definition) is 1. The number of rotatable bonds is 3. The first-order chi connectivity index (χ1) is 11.7. The van der Waals surface area contributed by atoms with Crippen molar-refractivity contribution in [1.82, 2.24) is 15.0 Å². The van der Waals surface area contributed by atoms with Crippen LogP contribution in [0.1, 0.15) is 22.3 Å². The Morgan fingerprint density at radius 1 is 1.38 bits per heavy atom. The van der Waals surface area contributed by atoms with Gasteiger partial charge in [0.25, 0.3) is 0 Å². The summed E-state index contributed by atoms with van der Waals surface area (Å²) in [5.74, 6) is 0.319. The van der Waals surface area contributed by atoms with E-state index in [9.17, 15) is 4.79 Å². The van der Waals surface area contributed by atoms with Gasteiger partial charge in [-0.1, -0.05) is 24.3 Å². The number of nitrogens with one attached hydrogen (secondary N) is 1. The maximum absolute atomic E-state index is 12.6. The van der Waals surface area contributed by atoms with E-state index in [0.29, 0.717) is 22.2 Å². The van der Waals surface area contributed by atoms with E-state index in [1.165, 1.54) is 17.6 Å². The summed E-state index contributed by atoms with van der Waals surface area (Å²) in [6, 6.07) is 7.69. The number of allylic oxidation sites excluding steroid dienone is 1. The quantitative estimate of drug-likeness (QED) is 0.434. The van der Waals surface area contributed by atoms with Crippen LogP contribution in [0.4, 0.5) is 0 Å². The Morgan fingerprint density at radius 3 is 2.92 bits per heavy atom.